The molecule has 0 aliphatic carbocycles. The fraction of sp³-hybridized carbons (Fsp3) is 1.00. The van der Waals surface area contributed by atoms with E-state index in [1.807, 2.05) is 0 Å². The fourth-order valence-electron chi connectivity index (χ4n) is 3.26. The van der Waals surface area contributed by atoms with E-state index in [-0.39, 0.29) is 6.61 Å². The first-order valence-corrected chi connectivity index (χ1v) is 9.92. The van der Waals surface area contributed by atoms with Gasteiger partial charge >= 0.3 is 0 Å². The number of rotatable bonds is 14. The summed E-state index contributed by atoms with van der Waals surface area (Å²) in [5.74, 6) is 0. The van der Waals surface area contributed by atoms with Crippen LogP contribution in [0.15, 0.2) is 0 Å². The van der Waals surface area contributed by atoms with E-state index in [2.05, 4.69) is 6.92 Å². The van der Waals surface area contributed by atoms with Crippen molar-refractivity contribution in [3.05, 3.63) is 0 Å². The molecule has 0 aromatic carbocycles. The first-order chi connectivity index (χ1) is 12.2. The third-order valence-corrected chi connectivity index (χ3v) is 4.86. The van der Waals surface area contributed by atoms with Crippen LogP contribution in [0.4, 0.5) is 0 Å². The van der Waals surface area contributed by atoms with E-state index >= 15 is 0 Å². The van der Waals surface area contributed by atoms with Gasteiger partial charge in [0.2, 0.25) is 0 Å². The van der Waals surface area contributed by atoms with Gasteiger partial charge in [0, 0.05) is 13.7 Å². The molecule has 3 N–H and O–H groups in total. The SMILES string of the molecule is CCCCCCCCCCCCO[C@@H]1C(CO)O[C@H](OC)[C@H](O)C1O. The third kappa shape index (κ3) is 8.33. The van der Waals surface area contributed by atoms with Crippen LogP contribution >= 0.6 is 0 Å². The summed E-state index contributed by atoms with van der Waals surface area (Å²) in [6, 6.07) is 0. The van der Waals surface area contributed by atoms with Gasteiger partial charge < -0.3 is 29.5 Å². The first-order valence-electron chi connectivity index (χ1n) is 9.92. The number of ether oxygens (including phenoxy) is 3. The van der Waals surface area contributed by atoms with Crippen LogP contribution in [-0.4, -0.2) is 66.3 Å². The number of hydrogen-bond acceptors (Lipinski definition) is 6. The number of hydrogen-bond donors (Lipinski definition) is 3. The molecule has 1 fully saturated rings. The maximum atomic E-state index is 10.2. The molecular weight excluding hydrogens is 324 g/mol. The molecule has 0 radical (unpaired) electrons. The number of aliphatic hydroxyl groups is 3. The minimum absolute atomic E-state index is 0.285. The Kier molecular flexibility index (Phi) is 12.7. The van der Waals surface area contributed by atoms with Crippen LogP contribution < -0.4 is 0 Å². The van der Waals surface area contributed by atoms with Gasteiger partial charge in [-0.25, -0.2) is 0 Å². The third-order valence-electron chi connectivity index (χ3n) is 4.86. The molecule has 1 rings (SSSR count). The van der Waals surface area contributed by atoms with Crippen LogP contribution in [0.3, 0.4) is 0 Å². The molecule has 1 aliphatic heterocycles. The summed E-state index contributed by atoms with van der Waals surface area (Å²) >= 11 is 0. The smallest absolute Gasteiger partial charge is 0.186 e. The van der Waals surface area contributed by atoms with Crippen molar-refractivity contribution >= 4 is 0 Å². The Balaban J connectivity index is 2.10. The van der Waals surface area contributed by atoms with Gasteiger partial charge in [0.25, 0.3) is 0 Å². The van der Waals surface area contributed by atoms with Crippen molar-refractivity contribution in [3.63, 3.8) is 0 Å². The summed E-state index contributed by atoms with van der Waals surface area (Å²) in [6.45, 7) is 2.44. The second-order valence-electron chi connectivity index (χ2n) is 6.96. The normalized spacial score (nSPS) is 29.9. The van der Waals surface area contributed by atoms with Crippen molar-refractivity contribution in [2.75, 3.05) is 20.3 Å². The van der Waals surface area contributed by atoms with E-state index in [9.17, 15) is 15.3 Å². The summed E-state index contributed by atoms with van der Waals surface area (Å²) in [5.41, 5.74) is 0. The predicted octanol–water partition coefficient (Wildman–Crippen LogP) is 2.38. The minimum atomic E-state index is -1.18. The molecule has 1 aliphatic rings. The van der Waals surface area contributed by atoms with Crippen LogP contribution in [0.5, 0.6) is 0 Å². The lowest BCUT2D eigenvalue weighted by molar-refractivity contribution is -0.301. The summed E-state index contributed by atoms with van der Waals surface area (Å²) in [7, 11) is 1.39. The lowest BCUT2D eigenvalue weighted by atomic mass is 9.99. The van der Waals surface area contributed by atoms with Crippen molar-refractivity contribution in [1.82, 2.24) is 0 Å². The van der Waals surface area contributed by atoms with E-state index in [0.717, 1.165) is 12.8 Å². The van der Waals surface area contributed by atoms with Crippen molar-refractivity contribution in [1.29, 1.82) is 0 Å². The minimum Gasteiger partial charge on any atom is -0.394 e. The van der Waals surface area contributed by atoms with Crippen LogP contribution in [0.1, 0.15) is 71.1 Å². The molecule has 6 heteroatoms. The first kappa shape index (κ1) is 22.8. The molecule has 2 unspecified atom stereocenters. The van der Waals surface area contributed by atoms with Crippen LogP contribution in [0, 0.1) is 0 Å². The van der Waals surface area contributed by atoms with Gasteiger partial charge in [-0.2, -0.15) is 0 Å². The van der Waals surface area contributed by atoms with Crippen molar-refractivity contribution in [2.45, 2.75) is 102 Å². The highest BCUT2D eigenvalue weighted by molar-refractivity contribution is 4.90. The largest absolute Gasteiger partial charge is 0.394 e. The van der Waals surface area contributed by atoms with Crippen molar-refractivity contribution in [3.8, 4) is 0 Å². The standard InChI is InChI=1S/C19H38O6/c1-3-4-5-6-7-8-9-10-11-12-13-24-18-15(14-20)25-19(23-2)17(22)16(18)21/h15-22H,3-14H2,1-2H3/t15?,16?,17-,18-,19+/m1/s1. The molecule has 1 heterocycles. The number of methoxy groups -OCH3 is 1. The number of unbranched alkanes of at least 4 members (excludes halogenated alkanes) is 9. The second-order valence-corrected chi connectivity index (χ2v) is 6.96. The second kappa shape index (κ2) is 13.9. The Hall–Kier alpha value is -0.240. The van der Waals surface area contributed by atoms with E-state index in [4.69, 9.17) is 14.2 Å². The van der Waals surface area contributed by atoms with Crippen molar-refractivity contribution < 1.29 is 29.5 Å². The lowest BCUT2D eigenvalue weighted by Crippen LogP contribution is -2.59. The Labute approximate surface area is 152 Å². The Morgan fingerprint density at radius 3 is 1.92 bits per heavy atom. The maximum absolute atomic E-state index is 10.2. The lowest BCUT2D eigenvalue weighted by Gasteiger charge is -2.41. The average molecular weight is 363 g/mol. The molecule has 0 aromatic heterocycles. The molecule has 0 saturated carbocycles. The van der Waals surface area contributed by atoms with Gasteiger partial charge in [-0.3, -0.25) is 0 Å². The topological polar surface area (TPSA) is 88.4 Å². The molecule has 5 atom stereocenters. The molecule has 0 bridgehead atoms. The quantitative estimate of drug-likeness (QED) is 0.411. The zero-order chi connectivity index (χ0) is 18.5. The summed E-state index contributed by atoms with van der Waals surface area (Å²) in [5, 5.41) is 29.5. The fourth-order valence-corrected chi connectivity index (χ4v) is 3.26. The highest BCUT2D eigenvalue weighted by atomic mass is 16.7. The molecule has 25 heavy (non-hydrogen) atoms. The molecule has 0 amide bonds. The zero-order valence-corrected chi connectivity index (χ0v) is 15.9. The van der Waals surface area contributed by atoms with Crippen LogP contribution in [0.25, 0.3) is 0 Å². The zero-order valence-electron chi connectivity index (χ0n) is 15.9. The Morgan fingerprint density at radius 1 is 0.840 bits per heavy atom. The number of aliphatic hydroxyl groups excluding tert-OH is 3. The highest BCUT2D eigenvalue weighted by Crippen LogP contribution is 2.24. The Bertz CT molecular complexity index is 312. The van der Waals surface area contributed by atoms with E-state index in [1.54, 1.807) is 0 Å². The molecule has 150 valence electrons. The molecule has 1 saturated heterocycles. The van der Waals surface area contributed by atoms with Gasteiger partial charge in [-0.1, -0.05) is 64.7 Å². The summed E-state index contributed by atoms with van der Waals surface area (Å²) < 4.78 is 16.1. The van der Waals surface area contributed by atoms with E-state index < -0.39 is 30.7 Å². The van der Waals surface area contributed by atoms with Gasteiger partial charge in [-0.15, -0.1) is 0 Å². The van der Waals surface area contributed by atoms with Crippen LogP contribution in [-0.2, 0) is 14.2 Å². The van der Waals surface area contributed by atoms with Gasteiger partial charge in [0.05, 0.1) is 6.61 Å². The summed E-state index contributed by atoms with van der Waals surface area (Å²) in [4.78, 5) is 0. The van der Waals surface area contributed by atoms with Gasteiger partial charge in [0.15, 0.2) is 6.29 Å². The highest BCUT2D eigenvalue weighted by Gasteiger charge is 2.45. The van der Waals surface area contributed by atoms with E-state index in [0.29, 0.717) is 6.61 Å². The van der Waals surface area contributed by atoms with Crippen LogP contribution in [0.2, 0.25) is 0 Å². The predicted molar refractivity (Wildman–Crippen MR) is 96.4 cm³/mol. The van der Waals surface area contributed by atoms with E-state index in [1.165, 1.54) is 58.5 Å². The average Bonchev–Trinajstić information content (AvgIpc) is 2.63. The summed E-state index contributed by atoms with van der Waals surface area (Å²) in [6.07, 6.45) is 7.77. The maximum Gasteiger partial charge on any atom is 0.186 e. The molecule has 0 aromatic rings. The van der Waals surface area contributed by atoms with Gasteiger partial charge in [-0.05, 0) is 6.42 Å². The monoisotopic (exact) mass is 362 g/mol. The van der Waals surface area contributed by atoms with Gasteiger partial charge in [0.1, 0.15) is 24.4 Å². The molecular formula is C19H38O6. The van der Waals surface area contributed by atoms with Crippen molar-refractivity contribution in [2.24, 2.45) is 0 Å². The molecule has 6 nitrogen and oxygen atoms in total. The Morgan fingerprint density at radius 2 is 1.40 bits per heavy atom. The molecule has 0 spiro atoms.